The summed E-state index contributed by atoms with van der Waals surface area (Å²) in [7, 11) is 0. The summed E-state index contributed by atoms with van der Waals surface area (Å²) in [4.78, 5) is 10.8. The predicted molar refractivity (Wildman–Crippen MR) is 102 cm³/mol. The molecule has 0 aliphatic carbocycles. The molecular weight excluding hydrogens is 394 g/mol. The number of hydrogen-bond acceptors (Lipinski definition) is 8. The number of ether oxygens (including phenoxy) is 2. The molecule has 5 rings (SSSR count). The van der Waals surface area contributed by atoms with Gasteiger partial charge < -0.3 is 29.9 Å². The maximum atomic E-state index is 11.3. The van der Waals surface area contributed by atoms with Gasteiger partial charge in [0.2, 0.25) is 0 Å². The third kappa shape index (κ3) is 2.48. The van der Waals surface area contributed by atoms with Crippen molar-refractivity contribution in [2.75, 3.05) is 0 Å². The van der Waals surface area contributed by atoms with Crippen LogP contribution in [0.5, 0.6) is 34.5 Å². The molecule has 0 spiro atoms. The molecular formula is C21H15NO8. The topological polar surface area (TPSA) is 143 Å². The Morgan fingerprint density at radius 2 is 1.67 bits per heavy atom. The number of nitro groups is 1. The van der Waals surface area contributed by atoms with Crippen molar-refractivity contribution in [1.29, 1.82) is 0 Å². The average Bonchev–Trinajstić information content (AvgIpc) is 2.69. The largest absolute Gasteiger partial charge is 0.508 e. The second-order valence-electron chi connectivity index (χ2n) is 7.27. The van der Waals surface area contributed by atoms with Gasteiger partial charge in [-0.25, -0.2) is 0 Å². The summed E-state index contributed by atoms with van der Waals surface area (Å²) >= 11 is 0. The number of phenolic OH excluding ortho intramolecular Hbond substituents is 4. The Bertz CT molecular complexity index is 1220. The lowest BCUT2D eigenvalue weighted by Gasteiger charge is -2.46. The molecule has 2 aliphatic heterocycles. The number of hydrogen-bond donors (Lipinski definition) is 4. The van der Waals surface area contributed by atoms with E-state index in [9.17, 15) is 30.5 Å². The Morgan fingerprint density at radius 1 is 0.900 bits per heavy atom. The Kier molecular flexibility index (Phi) is 3.54. The average molecular weight is 409 g/mol. The van der Waals surface area contributed by atoms with Crippen LogP contribution in [0, 0.1) is 10.1 Å². The van der Waals surface area contributed by atoms with Crippen LogP contribution in [0.1, 0.15) is 29.0 Å². The van der Waals surface area contributed by atoms with E-state index in [2.05, 4.69) is 0 Å². The van der Waals surface area contributed by atoms with Gasteiger partial charge in [-0.2, -0.15) is 0 Å². The highest BCUT2D eigenvalue weighted by molar-refractivity contribution is 5.61. The van der Waals surface area contributed by atoms with Gasteiger partial charge in [0.25, 0.3) is 11.5 Å². The van der Waals surface area contributed by atoms with Crippen molar-refractivity contribution in [3.05, 3.63) is 75.3 Å². The van der Waals surface area contributed by atoms with E-state index in [0.717, 1.165) is 0 Å². The van der Waals surface area contributed by atoms with Crippen LogP contribution in [0.3, 0.4) is 0 Å². The smallest absolute Gasteiger partial charge is 0.279 e. The van der Waals surface area contributed by atoms with E-state index >= 15 is 0 Å². The van der Waals surface area contributed by atoms with Crippen LogP contribution >= 0.6 is 0 Å². The van der Waals surface area contributed by atoms with Crippen LogP contribution in [0.25, 0.3) is 0 Å². The van der Waals surface area contributed by atoms with Gasteiger partial charge in [-0.1, -0.05) is 0 Å². The third-order valence-corrected chi connectivity index (χ3v) is 5.47. The van der Waals surface area contributed by atoms with E-state index in [0.29, 0.717) is 22.4 Å². The normalized spacial score (nSPS) is 21.0. The molecule has 0 aromatic heterocycles. The van der Waals surface area contributed by atoms with E-state index < -0.39 is 16.6 Å². The van der Waals surface area contributed by atoms with E-state index in [-0.39, 0.29) is 40.9 Å². The predicted octanol–water partition coefficient (Wildman–Crippen LogP) is 3.58. The van der Waals surface area contributed by atoms with E-state index in [4.69, 9.17) is 9.47 Å². The zero-order valence-electron chi connectivity index (χ0n) is 15.3. The van der Waals surface area contributed by atoms with Gasteiger partial charge in [0.1, 0.15) is 23.0 Å². The van der Waals surface area contributed by atoms with Gasteiger partial charge in [-0.15, -0.1) is 0 Å². The highest BCUT2D eigenvalue weighted by Gasteiger charge is 2.51. The first-order valence-corrected chi connectivity index (χ1v) is 9.02. The minimum atomic E-state index is -1.45. The van der Waals surface area contributed by atoms with Gasteiger partial charge >= 0.3 is 0 Å². The molecule has 2 aliphatic rings. The summed E-state index contributed by atoms with van der Waals surface area (Å²) in [6.45, 7) is 0. The highest BCUT2D eigenvalue weighted by atomic mass is 16.7. The molecule has 2 atom stereocenters. The van der Waals surface area contributed by atoms with Crippen LogP contribution < -0.4 is 9.47 Å². The van der Waals surface area contributed by atoms with Crippen LogP contribution in [0.4, 0.5) is 5.69 Å². The molecule has 2 unspecified atom stereocenters. The number of aromatic hydroxyl groups is 4. The number of phenols is 4. The highest BCUT2D eigenvalue weighted by Crippen LogP contribution is 2.58. The fourth-order valence-corrected chi connectivity index (χ4v) is 4.14. The van der Waals surface area contributed by atoms with E-state index in [1.165, 1.54) is 48.5 Å². The van der Waals surface area contributed by atoms with Crippen molar-refractivity contribution in [3.63, 3.8) is 0 Å². The molecule has 3 aromatic rings. The van der Waals surface area contributed by atoms with Crippen molar-refractivity contribution < 1.29 is 34.8 Å². The second kappa shape index (κ2) is 5.93. The van der Waals surface area contributed by atoms with E-state index in [1.807, 2.05) is 0 Å². The first-order chi connectivity index (χ1) is 14.3. The summed E-state index contributed by atoms with van der Waals surface area (Å²) in [5.74, 6) is -2.66. The van der Waals surface area contributed by atoms with Crippen LogP contribution in [-0.2, 0) is 5.79 Å². The number of fused-ring (bicyclic) bond motifs is 6. The number of rotatable bonds is 2. The van der Waals surface area contributed by atoms with Crippen molar-refractivity contribution in [2.45, 2.75) is 18.1 Å². The monoisotopic (exact) mass is 409 g/mol. The molecule has 9 nitrogen and oxygen atoms in total. The van der Waals surface area contributed by atoms with Gasteiger partial charge in [-0.05, 0) is 24.3 Å². The summed E-state index contributed by atoms with van der Waals surface area (Å²) < 4.78 is 12.2. The first-order valence-electron chi connectivity index (χ1n) is 9.02. The molecule has 9 heteroatoms. The van der Waals surface area contributed by atoms with Crippen LogP contribution in [0.15, 0.2) is 48.5 Å². The number of nitrogens with zero attached hydrogens (tertiary/aromatic N) is 1. The Balaban J connectivity index is 1.77. The standard InChI is InChI=1S/C21H15NO8/c23-12-7-17(26)20-14-9-21(30-19(20)8-12,10-1-3-15(24)16(25)5-10)29-18-4-2-11(22(27)28)6-13(14)18/h1-8,14,23-26H,9H2. The van der Waals surface area contributed by atoms with Gasteiger partial charge in [0, 0.05) is 53.3 Å². The van der Waals surface area contributed by atoms with Crippen molar-refractivity contribution in [3.8, 4) is 34.5 Å². The molecule has 2 heterocycles. The summed E-state index contributed by atoms with van der Waals surface area (Å²) in [6, 6.07) is 10.8. The minimum Gasteiger partial charge on any atom is -0.508 e. The molecule has 3 aromatic carbocycles. The summed E-state index contributed by atoms with van der Waals surface area (Å²) in [6.07, 6.45) is 0.136. The zero-order valence-corrected chi connectivity index (χ0v) is 15.3. The number of nitro benzene ring substituents is 1. The van der Waals surface area contributed by atoms with E-state index in [1.54, 1.807) is 0 Å². The molecule has 152 valence electrons. The lowest BCUT2D eigenvalue weighted by molar-refractivity contribution is -0.385. The fourth-order valence-electron chi connectivity index (χ4n) is 4.14. The summed E-state index contributed by atoms with van der Waals surface area (Å²) in [5, 5.41) is 51.4. The van der Waals surface area contributed by atoms with Crippen molar-refractivity contribution >= 4 is 5.69 Å². The van der Waals surface area contributed by atoms with Gasteiger partial charge in [-0.3, -0.25) is 10.1 Å². The Hall–Kier alpha value is -4.14. The lowest BCUT2D eigenvalue weighted by atomic mass is 9.78. The molecule has 0 radical (unpaired) electrons. The third-order valence-electron chi connectivity index (χ3n) is 5.47. The van der Waals surface area contributed by atoms with Crippen LogP contribution in [-0.4, -0.2) is 25.3 Å². The molecule has 2 bridgehead atoms. The second-order valence-corrected chi connectivity index (χ2v) is 7.27. The summed E-state index contributed by atoms with van der Waals surface area (Å²) in [5.41, 5.74) is 1.13. The molecule has 0 saturated heterocycles. The quantitative estimate of drug-likeness (QED) is 0.286. The maximum Gasteiger partial charge on any atom is 0.279 e. The molecule has 0 saturated carbocycles. The van der Waals surface area contributed by atoms with Crippen molar-refractivity contribution in [1.82, 2.24) is 0 Å². The number of non-ortho nitro benzene ring substituents is 1. The van der Waals surface area contributed by atoms with Gasteiger partial charge in [0.15, 0.2) is 11.5 Å². The number of benzene rings is 3. The maximum absolute atomic E-state index is 11.3. The fraction of sp³-hybridized carbons (Fsp3) is 0.143. The lowest BCUT2D eigenvalue weighted by Crippen LogP contribution is -2.46. The molecule has 0 fully saturated rings. The molecule has 30 heavy (non-hydrogen) atoms. The van der Waals surface area contributed by atoms with Crippen molar-refractivity contribution in [2.24, 2.45) is 0 Å². The zero-order chi connectivity index (χ0) is 21.2. The molecule has 0 amide bonds. The Labute approximate surface area is 169 Å². The SMILES string of the molecule is O=[N+]([O-])c1ccc2c(c1)C1CC(c3ccc(O)c(O)c3)(O2)Oc2cc(O)cc(O)c21. The van der Waals surface area contributed by atoms with Crippen LogP contribution in [0.2, 0.25) is 0 Å². The minimum absolute atomic E-state index is 0.126. The van der Waals surface area contributed by atoms with Gasteiger partial charge in [0.05, 0.1) is 4.92 Å². The Morgan fingerprint density at radius 3 is 2.40 bits per heavy atom. The first kappa shape index (κ1) is 17.9. The molecule has 4 N–H and O–H groups in total.